The van der Waals surface area contributed by atoms with E-state index >= 15 is 0 Å². The maximum atomic E-state index is 11.6. The van der Waals surface area contributed by atoms with Gasteiger partial charge in [0.15, 0.2) is 0 Å². The molecule has 2 rings (SSSR count). The zero-order valence-electron chi connectivity index (χ0n) is 8.85. The van der Waals surface area contributed by atoms with Gasteiger partial charge in [-0.1, -0.05) is 12.2 Å². The largest absolute Gasteiger partial charge is 0.469 e. The lowest BCUT2D eigenvalue weighted by Crippen LogP contribution is -2.28. The summed E-state index contributed by atoms with van der Waals surface area (Å²) in [5, 5.41) is 0. The highest BCUT2D eigenvalue weighted by Gasteiger charge is 2.36. The van der Waals surface area contributed by atoms with Crippen LogP contribution in [0.15, 0.2) is 12.2 Å². The molecule has 1 aliphatic heterocycles. The molecule has 2 atom stereocenters. The van der Waals surface area contributed by atoms with Gasteiger partial charge in [-0.05, 0) is 24.3 Å². The Morgan fingerprint density at radius 2 is 2.13 bits per heavy atom. The highest BCUT2D eigenvalue weighted by Crippen LogP contribution is 2.43. The van der Waals surface area contributed by atoms with Crippen molar-refractivity contribution >= 4 is 29.5 Å². The first kappa shape index (κ1) is 11.4. The zero-order valence-corrected chi connectivity index (χ0v) is 10.5. The first-order chi connectivity index (χ1) is 7.33. The van der Waals surface area contributed by atoms with Crippen LogP contribution in [-0.2, 0) is 9.53 Å². The van der Waals surface area contributed by atoms with E-state index in [9.17, 15) is 4.79 Å². The Morgan fingerprint density at radius 3 is 2.80 bits per heavy atom. The van der Waals surface area contributed by atoms with Gasteiger partial charge in [0.2, 0.25) is 0 Å². The third-order valence-corrected chi connectivity index (χ3v) is 6.03. The quantitative estimate of drug-likeness (QED) is 0.551. The molecule has 2 nitrogen and oxygen atoms in total. The van der Waals surface area contributed by atoms with E-state index in [1.807, 2.05) is 23.5 Å². The molecule has 2 aliphatic rings. The molecule has 1 fully saturated rings. The van der Waals surface area contributed by atoms with Gasteiger partial charge in [0.1, 0.15) is 0 Å². The maximum Gasteiger partial charge on any atom is 0.309 e. The van der Waals surface area contributed by atoms with Gasteiger partial charge in [0.25, 0.3) is 0 Å². The highest BCUT2D eigenvalue weighted by molar-refractivity contribution is 8.17. The molecule has 0 aromatic heterocycles. The van der Waals surface area contributed by atoms with Crippen molar-refractivity contribution in [2.45, 2.75) is 17.4 Å². The molecule has 0 radical (unpaired) electrons. The number of hydrogen-bond donors (Lipinski definition) is 0. The Morgan fingerprint density at radius 1 is 1.40 bits per heavy atom. The number of methoxy groups -OCH3 is 1. The van der Waals surface area contributed by atoms with Crippen LogP contribution < -0.4 is 0 Å². The summed E-state index contributed by atoms with van der Waals surface area (Å²) in [5.41, 5.74) is 0. The number of esters is 1. The average Bonchev–Trinajstić information content (AvgIpc) is 2.78. The van der Waals surface area contributed by atoms with Crippen molar-refractivity contribution in [2.75, 3.05) is 18.6 Å². The monoisotopic (exact) mass is 244 g/mol. The fourth-order valence-corrected chi connectivity index (χ4v) is 5.32. The number of thioether (sulfide) groups is 2. The predicted molar refractivity (Wildman–Crippen MR) is 66.1 cm³/mol. The molecular formula is C11H16O2S2. The fourth-order valence-electron chi connectivity index (χ4n) is 2.09. The molecule has 0 aromatic rings. The molecule has 4 heteroatoms. The maximum absolute atomic E-state index is 11.6. The van der Waals surface area contributed by atoms with Crippen molar-refractivity contribution in [3.05, 3.63) is 12.2 Å². The van der Waals surface area contributed by atoms with Crippen LogP contribution >= 0.6 is 23.5 Å². The van der Waals surface area contributed by atoms with Crippen LogP contribution in [0.5, 0.6) is 0 Å². The van der Waals surface area contributed by atoms with Gasteiger partial charge >= 0.3 is 5.97 Å². The minimum absolute atomic E-state index is 0.0447. The van der Waals surface area contributed by atoms with Gasteiger partial charge < -0.3 is 4.74 Å². The van der Waals surface area contributed by atoms with Gasteiger partial charge in [-0.25, -0.2) is 0 Å². The van der Waals surface area contributed by atoms with Crippen LogP contribution in [-0.4, -0.2) is 29.2 Å². The fraction of sp³-hybridized carbons (Fsp3) is 0.727. The van der Waals surface area contributed by atoms with Gasteiger partial charge in [-0.15, -0.1) is 23.5 Å². The van der Waals surface area contributed by atoms with E-state index in [2.05, 4.69) is 12.2 Å². The molecule has 0 amide bonds. The molecule has 1 saturated heterocycles. The van der Waals surface area contributed by atoms with Crippen molar-refractivity contribution in [1.82, 2.24) is 0 Å². The second-order valence-electron chi connectivity index (χ2n) is 3.83. The number of carbonyl (C=O) groups is 1. The normalized spacial score (nSPS) is 31.8. The Hall–Kier alpha value is -0.0900. The molecule has 1 aliphatic carbocycles. The van der Waals surface area contributed by atoms with E-state index < -0.39 is 0 Å². The summed E-state index contributed by atoms with van der Waals surface area (Å²) >= 11 is 3.99. The van der Waals surface area contributed by atoms with Crippen LogP contribution in [0.1, 0.15) is 12.8 Å². The van der Waals surface area contributed by atoms with Gasteiger partial charge in [-0.3, -0.25) is 4.79 Å². The molecular weight excluding hydrogens is 228 g/mol. The van der Waals surface area contributed by atoms with E-state index in [0.717, 1.165) is 6.42 Å². The number of ether oxygens (including phenoxy) is 1. The number of allylic oxidation sites excluding steroid dienone is 2. The smallest absolute Gasteiger partial charge is 0.309 e. The van der Waals surface area contributed by atoms with Crippen LogP contribution in [0.4, 0.5) is 0 Å². The topological polar surface area (TPSA) is 26.3 Å². The summed E-state index contributed by atoms with van der Waals surface area (Å²) in [6, 6.07) is 0. The van der Waals surface area contributed by atoms with Crippen molar-refractivity contribution < 1.29 is 9.53 Å². The summed E-state index contributed by atoms with van der Waals surface area (Å²) < 4.78 is 5.41. The Bertz CT molecular complexity index is 259. The predicted octanol–water partition coefficient (Wildman–Crippen LogP) is 2.55. The molecule has 0 unspecified atom stereocenters. The minimum Gasteiger partial charge on any atom is -0.469 e. The molecule has 0 saturated carbocycles. The summed E-state index contributed by atoms with van der Waals surface area (Å²) in [6.45, 7) is 0. The van der Waals surface area contributed by atoms with Crippen molar-refractivity contribution in [2.24, 2.45) is 11.8 Å². The molecule has 0 spiro atoms. The molecule has 1 heterocycles. The van der Waals surface area contributed by atoms with Gasteiger partial charge in [0.05, 0.1) is 17.6 Å². The van der Waals surface area contributed by atoms with Crippen molar-refractivity contribution in [3.63, 3.8) is 0 Å². The SMILES string of the molecule is COC(=O)[C@H]1CC=C[C@H]1C1SCCCS1. The van der Waals surface area contributed by atoms with Crippen LogP contribution in [0.3, 0.4) is 0 Å². The lowest BCUT2D eigenvalue weighted by molar-refractivity contribution is -0.146. The summed E-state index contributed by atoms with van der Waals surface area (Å²) in [4.78, 5) is 11.6. The third-order valence-electron chi connectivity index (χ3n) is 2.88. The summed E-state index contributed by atoms with van der Waals surface area (Å²) in [5.74, 6) is 2.87. The number of carbonyl (C=O) groups excluding carboxylic acids is 1. The van der Waals surface area contributed by atoms with E-state index in [-0.39, 0.29) is 11.9 Å². The van der Waals surface area contributed by atoms with E-state index in [4.69, 9.17) is 4.74 Å². The summed E-state index contributed by atoms with van der Waals surface area (Å²) in [6.07, 6.45) is 6.49. The molecule has 84 valence electrons. The first-order valence-electron chi connectivity index (χ1n) is 5.30. The Kier molecular flexibility index (Phi) is 4.03. The summed E-state index contributed by atoms with van der Waals surface area (Å²) in [7, 11) is 1.48. The molecule has 0 aromatic carbocycles. The minimum atomic E-state index is -0.0447. The highest BCUT2D eigenvalue weighted by atomic mass is 32.2. The third kappa shape index (κ3) is 2.53. The zero-order chi connectivity index (χ0) is 10.7. The second-order valence-corrected chi connectivity index (χ2v) is 6.63. The van der Waals surface area contributed by atoms with Crippen LogP contribution in [0, 0.1) is 11.8 Å². The number of rotatable bonds is 2. The van der Waals surface area contributed by atoms with Crippen molar-refractivity contribution in [3.8, 4) is 0 Å². The van der Waals surface area contributed by atoms with E-state index in [0.29, 0.717) is 10.5 Å². The van der Waals surface area contributed by atoms with Gasteiger partial charge in [-0.2, -0.15) is 0 Å². The van der Waals surface area contributed by atoms with Crippen molar-refractivity contribution in [1.29, 1.82) is 0 Å². The standard InChI is InChI=1S/C11H16O2S2/c1-13-10(12)8-4-2-5-9(8)11-14-6-3-7-15-11/h2,5,8-9,11H,3-4,6-7H2,1H3/t8-,9+/m0/s1. The van der Waals surface area contributed by atoms with Gasteiger partial charge in [0, 0.05) is 5.92 Å². The van der Waals surface area contributed by atoms with Crippen LogP contribution in [0.2, 0.25) is 0 Å². The lowest BCUT2D eigenvalue weighted by Gasteiger charge is -2.28. The first-order valence-corrected chi connectivity index (χ1v) is 7.40. The number of hydrogen-bond acceptors (Lipinski definition) is 4. The Labute approximate surface area is 99.2 Å². The van der Waals surface area contributed by atoms with Crippen LogP contribution in [0.25, 0.3) is 0 Å². The molecule has 0 N–H and O–H groups in total. The van der Waals surface area contributed by atoms with E-state index in [1.54, 1.807) is 0 Å². The Balaban J connectivity index is 1.99. The van der Waals surface area contributed by atoms with E-state index in [1.165, 1.54) is 25.0 Å². The average molecular weight is 244 g/mol. The molecule has 0 bridgehead atoms. The molecule has 15 heavy (non-hydrogen) atoms. The lowest BCUT2D eigenvalue weighted by atomic mass is 9.97. The second kappa shape index (κ2) is 5.30.